The summed E-state index contributed by atoms with van der Waals surface area (Å²) in [5.41, 5.74) is 6.25. The summed E-state index contributed by atoms with van der Waals surface area (Å²) in [6.45, 7) is 0. The summed E-state index contributed by atoms with van der Waals surface area (Å²) in [4.78, 5) is 11.9. The number of hydrogen-bond donors (Lipinski definition) is 2. The fourth-order valence-corrected chi connectivity index (χ4v) is 1.65. The molecule has 0 amide bonds. The number of para-hydroxylation sites is 1. The molecule has 0 bridgehead atoms. The van der Waals surface area contributed by atoms with Crippen LogP contribution in [-0.4, -0.2) is 11.8 Å². The van der Waals surface area contributed by atoms with Gasteiger partial charge in [-0.25, -0.2) is 4.79 Å². The molecule has 0 radical (unpaired) electrons. The molecular formula is C14H11ClN2O2. The zero-order chi connectivity index (χ0) is 13.8. The van der Waals surface area contributed by atoms with Crippen molar-refractivity contribution in [1.82, 2.24) is 0 Å². The number of benzene rings is 2. The van der Waals surface area contributed by atoms with E-state index in [9.17, 15) is 4.79 Å². The smallest absolute Gasteiger partial charge is 0.343 e. The maximum atomic E-state index is 11.9. The standard InChI is InChI=1S/C14H11ClN2O2/c15-11-3-1-2-4-12(11)19-14(18)10-7-5-9(6-8-10)13(16)17/h1-8H,(H3,16,17). The normalized spacial score (nSPS) is 9.95. The van der Waals surface area contributed by atoms with Gasteiger partial charge in [0.1, 0.15) is 11.6 Å². The number of carbonyl (C=O) groups excluding carboxylic acids is 1. The summed E-state index contributed by atoms with van der Waals surface area (Å²) >= 11 is 5.90. The maximum absolute atomic E-state index is 11.9. The van der Waals surface area contributed by atoms with Crippen molar-refractivity contribution < 1.29 is 9.53 Å². The number of carbonyl (C=O) groups is 1. The fraction of sp³-hybridized carbons (Fsp3) is 0. The molecule has 0 unspecified atom stereocenters. The van der Waals surface area contributed by atoms with Crippen LogP contribution < -0.4 is 10.5 Å². The third kappa shape index (κ3) is 3.11. The lowest BCUT2D eigenvalue weighted by Gasteiger charge is -2.06. The molecule has 0 heterocycles. The van der Waals surface area contributed by atoms with Crippen LogP contribution in [0.1, 0.15) is 15.9 Å². The molecule has 3 N–H and O–H groups in total. The summed E-state index contributed by atoms with van der Waals surface area (Å²) in [5.74, 6) is -0.251. The lowest BCUT2D eigenvalue weighted by Crippen LogP contribution is -2.12. The van der Waals surface area contributed by atoms with Gasteiger partial charge >= 0.3 is 5.97 Å². The Labute approximate surface area is 115 Å². The number of esters is 1. The number of nitrogens with one attached hydrogen (secondary N) is 1. The number of hydrogen-bond acceptors (Lipinski definition) is 3. The van der Waals surface area contributed by atoms with E-state index in [1.54, 1.807) is 48.5 Å². The van der Waals surface area contributed by atoms with Crippen molar-refractivity contribution in [3.8, 4) is 5.75 Å². The monoisotopic (exact) mass is 274 g/mol. The minimum absolute atomic E-state index is 0.0500. The second-order valence-electron chi connectivity index (χ2n) is 3.81. The highest BCUT2D eigenvalue weighted by Crippen LogP contribution is 2.24. The Balaban J connectivity index is 2.16. The quantitative estimate of drug-likeness (QED) is 0.391. The van der Waals surface area contributed by atoms with Gasteiger partial charge < -0.3 is 10.5 Å². The molecule has 0 fully saturated rings. The third-order valence-corrected chi connectivity index (χ3v) is 2.78. The lowest BCUT2D eigenvalue weighted by atomic mass is 10.1. The number of halogens is 1. The van der Waals surface area contributed by atoms with Crippen LogP contribution in [0.15, 0.2) is 48.5 Å². The highest BCUT2D eigenvalue weighted by molar-refractivity contribution is 6.32. The first-order valence-electron chi connectivity index (χ1n) is 5.49. The number of amidine groups is 1. The van der Waals surface area contributed by atoms with Crippen molar-refractivity contribution in [3.63, 3.8) is 0 Å². The first-order chi connectivity index (χ1) is 9.08. The summed E-state index contributed by atoms with van der Waals surface area (Å²) in [6, 6.07) is 13.0. The highest BCUT2D eigenvalue weighted by Gasteiger charge is 2.10. The van der Waals surface area contributed by atoms with Crippen LogP contribution in [0.3, 0.4) is 0 Å². The molecule has 2 aromatic carbocycles. The molecular weight excluding hydrogens is 264 g/mol. The Morgan fingerprint density at radius 2 is 1.63 bits per heavy atom. The van der Waals surface area contributed by atoms with E-state index in [2.05, 4.69) is 0 Å². The van der Waals surface area contributed by atoms with Crippen LogP contribution in [-0.2, 0) is 0 Å². The van der Waals surface area contributed by atoms with Gasteiger partial charge in [0.25, 0.3) is 0 Å². The molecule has 0 aliphatic rings. The second kappa shape index (κ2) is 5.54. The molecule has 0 aliphatic heterocycles. The Kier molecular flexibility index (Phi) is 3.82. The maximum Gasteiger partial charge on any atom is 0.343 e. The van der Waals surface area contributed by atoms with Gasteiger partial charge in [-0.15, -0.1) is 0 Å². The van der Waals surface area contributed by atoms with Gasteiger partial charge in [0.15, 0.2) is 0 Å². The summed E-state index contributed by atoms with van der Waals surface area (Å²) < 4.78 is 5.18. The molecule has 2 aromatic rings. The molecule has 19 heavy (non-hydrogen) atoms. The number of rotatable bonds is 3. The lowest BCUT2D eigenvalue weighted by molar-refractivity contribution is 0.0735. The van der Waals surface area contributed by atoms with Crippen LogP contribution in [0.25, 0.3) is 0 Å². The van der Waals surface area contributed by atoms with Crippen molar-refractivity contribution in [2.24, 2.45) is 5.73 Å². The molecule has 0 atom stereocenters. The average Bonchev–Trinajstić information content (AvgIpc) is 2.41. The van der Waals surface area contributed by atoms with E-state index in [4.69, 9.17) is 27.5 Å². The van der Waals surface area contributed by atoms with Gasteiger partial charge in [-0.3, -0.25) is 5.41 Å². The van der Waals surface area contributed by atoms with Crippen molar-refractivity contribution in [2.45, 2.75) is 0 Å². The van der Waals surface area contributed by atoms with Gasteiger partial charge in [-0.1, -0.05) is 35.9 Å². The predicted molar refractivity (Wildman–Crippen MR) is 73.9 cm³/mol. The molecule has 0 spiro atoms. The molecule has 4 nitrogen and oxygen atoms in total. The van der Waals surface area contributed by atoms with Crippen molar-refractivity contribution in [2.75, 3.05) is 0 Å². The largest absolute Gasteiger partial charge is 0.421 e. The summed E-state index contributed by atoms with van der Waals surface area (Å²) in [6.07, 6.45) is 0. The zero-order valence-electron chi connectivity index (χ0n) is 9.89. The number of ether oxygens (including phenoxy) is 1. The summed E-state index contributed by atoms with van der Waals surface area (Å²) in [7, 11) is 0. The zero-order valence-corrected chi connectivity index (χ0v) is 10.6. The van der Waals surface area contributed by atoms with Crippen LogP contribution in [0, 0.1) is 5.41 Å². The summed E-state index contributed by atoms with van der Waals surface area (Å²) in [5, 5.41) is 7.64. The molecule has 5 heteroatoms. The topological polar surface area (TPSA) is 76.2 Å². The SMILES string of the molecule is N=C(N)c1ccc(C(=O)Oc2ccccc2Cl)cc1. The van der Waals surface area contributed by atoms with Crippen molar-refractivity contribution in [1.29, 1.82) is 5.41 Å². The fourth-order valence-electron chi connectivity index (χ4n) is 1.47. The van der Waals surface area contributed by atoms with E-state index in [0.717, 1.165) is 0 Å². The van der Waals surface area contributed by atoms with Gasteiger partial charge in [-0.2, -0.15) is 0 Å². The van der Waals surface area contributed by atoms with E-state index in [-0.39, 0.29) is 5.84 Å². The molecule has 2 rings (SSSR count). The number of nitrogens with two attached hydrogens (primary N) is 1. The Morgan fingerprint density at radius 3 is 2.21 bits per heavy atom. The van der Waals surface area contributed by atoms with Crippen molar-refractivity contribution >= 4 is 23.4 Å². The minimum atomic E-state index is -0.511. The van der Waals surface area contributed by atoms with Crippen LogP contribution in [0.2, 0.25) is 5.02 Å². The van der Waals surface area contributed by atoms with Crippen molar-refractivity contribution in [3.05, 3.63) is 64.7 Å². The first-order valence-corrected chi connectivity index (χ1v) is 5.87. The van der Waals surface area contributed by atoms with Gasteiger partial charge in [-0.05, 0) is 24.3 Å². The molecule has 0 saturated heterocycles. The van der Waals surface area contributed by atoms with E-state index >= 15 is 0 Å². The predicted octanol–water partition coefficient (Wildman–Crippen LogP) is 2.84. The average molecular weight is 275 g/mol. The molecule has 0 saturated carbocycles. The van der Waals surface area contributed by atoms with Crippen LogP contribution >= 0.6 is 11.6 Å². The molecule has 96 valence electrons. The van der Waals surface area contributed by atoms with E-state index < -0.39 is 5.97 Å². The Morgan fingerprint density at radius 1 is 1.05 bits per heavy atom. The van der Waals surface area contributed by atoms with E-state index in [1.165, 1.54) is 0 Å². The number of nitrogen functional groups attached to an aromatic ring is 1. The minimum Gasteiger partial charge on any atom is -0.421 e. The Bertz CT molecular complexity index is 624. The van der Waals surface area contributed by atoms with Crippen LogP contribution in [0.5, 0.6) is 5.75 Å². The second-order valence-corrected chi connectivity index (χ2v) is 4.22. The molecule has 0 aromatic heterocycles. The van der Waals surface area contributed by atoms with Crippen LogP contribution in [0.4, 0.5) is 0 Å². The van der Waals surface area contributed by atoms with Gasteiger partial charge in [0.05, 0.1) is 10.6 Å². The van der Waals surface area contributed by atoms with E-state index in [0.29, 0.717) is 21.9 Å². The van der Waals surface area contributed by atoms with E-state index in [1.807, 2.05) is 0 Å². The highest BCUT2D eigenvalue weighted by atomic mass is 35.5. The third-order valence-electron chi connectivity index (χ3n) is 2.47. The van der Waals surface area contributed by atoms with Gasteiger partial charge in [0, 0.05) is 5.56 Å². The van der Waals surface area contributed by atoms with Gasteiger partial charge in [0.2, 0.25) is 0 Å². The first kappa shape index (κ1) is 13.1. The Hall–Kier alpha value is -2.33. The molecule has 0 aliphatic carbocycles.